The van der Waals surface area contributed by atoms with Gasteiger partial charge in [0.15, 0.2) is 0 Å². The summed E-state index contributed by atoms with van der Waals surface area (Å²) in [5, 5.41) is 13.9. The molecule has 2 bridgehead atoms. The second-order valence-electron chi connectivity index (χ2n) is 5.86. The molecular weight excluding hydrogens is 262 g/mol. The highest BCUT2D eigenvalue weighted by Crippen LogP contribution is 2.37. The molecule has 0 aliphatic carbocycles. The maximum atomic E-state index is 12.7. The van der Waals surface area contributed by atoms with Crippen LogP contribution in [0.1, 0.15) is 60.8 Å². The molecule has 2 fully saturated rings. The first-order valence-corrected chi connectivity index (χ1v) is 7.68. The van der Waals surface area contributed by atoms with E-state index in [4.69, 9.17) is 0 Å². The summed E-state index contributed by atoms with van der Waals surface area (Å²) in [6.45, 7) is 4.06. The van der Waals surface area contributed by atoms with Gasteiger partial charge in [-0.1, -0.05) is 18.3 Å². The zero-order chi connectivity index (χ0) is 13.6. The van der Waals surface area contributed by atoms with Gasteiger partial charge in [-0.2, -0.15) is 0 Å². The third-order valence-corrected chi connectivity index (χ3v) is 4.93. The van der Waals surface area contributed by atoms with Crippen LogP contribution in [0.4, 0.5) is 0 Å². The van der Waals surface area contributed by atoms with Crippen molar-refractivity contribution in [1.29, 1.82) is 0 Å². The fourth-order valence-electron chi connectivity index (χ4n) is 3.32. The van der Waals surface area contributed by atoms with Crippen molar-refractivity contribution in [3.05, 3.63) is 10.6 Å². The van der Waals surface area contributed by atoms with E-state index in [1.165, 1.54) is 11.5 Å². The summed E-state index contributed by atoms with van der Waals surface area (Å²) in [5.41, 5.74) is 0.806. The predicted octanol–water partition coefficient (Wildman–Crippen LogP) is 1.79. The van der Waals surface area contributed by atoms with E-state index in [1.807, 2.05) is 18.7 Å². The monoisotopic (exact) mass is 281 g/mol. The van der Waals surface area contributed by atoms with Gasteiger partial charge in [-0.05, 0) is 43.1 Å². The minimum absolute atomic E-state index is 0.0677. The van der Waals surface area contributed by atoms with Crippen molar-refractivity contribution in [2.75, 3.05) is 0 Å². The lowest BCUT2D eigenvalue weighted by Gasteiger charge is -2.37. The van der Waals surface area contributed by atoms with Crippen LogP contribution < -0.4 is 0 Å². The van der Waals surface area contributed by atoms with E-state index in [0.717, 1.165) is 18.5 Å². The van der Waals surface area contributed by atoms with Crippen LogP contribution >= 0.6 is 11.5 Å². The number of amides is 1. The Hall–Kier alpha value is -1.01. The Morgan fingerprint density at radius 2 is 2.00 bits per heavy atom. The molecule has 6 heteroatoms. The summed E-state index contributed by atoms with van der Waals surface area (Å²) >= 11 is 1.20. The minimum atomic E-state index is -0.245. The molecule has 2 saturated heterocycles. The number of aliphatic hydroxyl groups is 1. The Labute approximate surface area is 116 Å². The summed E-state index contributed by atoms with van der Waals surface area (Å²) in [6, 6.07) is 0.395. The number of fused-ring (bicyclic) bond motifs is 2. The fraction of sp³-hybridized carbons (Fsp3) is 0.769. The molecule has 1 N–H and O–H groups in total. The fourth-order valence-corrected chi connectivity index (χ4v) is 4.08. The van der Waals surface area contributed by atoms with Gasteiger partial charge in [-0.15, -0.1) is 5.10 Å². The molecule has 2 unspecified atom stereocenters. The first-order chi connectivity index (χ1) is 9.08. The van der Waals surface area contributed by atoms with Crippen LogP contribution in [0, 0.1) is 0 Å². The van der Waals surface area contributed by atoms with Crippen molar-refractivity contribution in [2.24, 2.45) is 0 Å². The maximum absolute atomic E-state index is 12.7. The zero-order valence-corrected chi connectivity index (χ0v) is 12.1. The molecule has 2 aliphatic heterocycles. The summed E-state index contributed by atoms with van der Waals surface area (Å²) in [6.07, 6.45) is 3.20. The third-order valence-electron chi connectivity index (χ3n) is 4.20. The average Bonchev–Trinajstić information content (AvgIpc) is 2.92. The highest BCUT2D eigenvalue weighted by atomic mass is 32.1. The number of piperidine rings is 1. The predicted molar refractivity (Wildman–Crippen MR) is 72.2 cm³/mol. The van der Waals surface area contributed by atoms with E-state index in [1.54, 1.807) is 0 Å². The molecule has 2 atom stereocenters. The SMILES string of the molecule is CC(C)c1nnsc1C(=O)N1C2CCC1CC(O)C2. The van der Waals surface area contributed by atoms with E-state index in [2.05, 4.69) is 9.59 Å². The summed E-state index contributed by atoms with van der Waals surface area (Å²) in [4.78, 5) is 15.4. The molecule has 0 saturated carbocycles. The molecule has 1 amide bonds. The molecule has 3 heterocycles. The molecule has 1 aromatic heterocycles. The number of rotatable bonds is 2. The molecule has 2 aliphatic rings. The van der Waals surface area contributed by atoms with E-state index < -0.39 is 0 Å². The van der Waals surface area contributed by atoms with Gasteiger partial charge in [-0.25, -0.2) is 0 Å². The highest BCUT2D eigenvalue weighted by molar-refractivity contribution is 7.08. The molecule has 0 spiro atoms. The van der Waals surface area contributed by atoms with Gasteiger partial charge in [0.2, 0.25) is 0 Å². The van der Waals surface area contributed by atoms with Crippen LogP contribution in [0.25, 0.3) is 0 Å². The van der Waals surface area contributed by atoms with Crippen molar-refractivity contribution < 1.29 is 9.90 Å². The van der Waals surface area contributed by atoms with Gasteiger partial charge < -0.3 is 10.0 Å². The molecule has 3 rings (SSSR count). The Bertz CT molecular complexity index is 474. The maximum Gasteiger partial charge on any atom is 0.268 e. The lowest BCUT2D eigenvalue weighted by atomic mass is 9.99. The second-order valence-corrected chi connectivity index (χ2v) is 6.62. The van der Waals surface area contributed by atoms with E-state index in [0.29, 0.717) is 17.7 Å². The van der Waals surface area contributed by atoms with Crippen molar-refractivity contribution in [3.63, 3.8) is 0 Å². The number of aliphatic hydroxyl groups excluding tert-OH is 1. The Morgan fingerprint density at radius 3 is 2.58 bits per heavy atom. The van der Waals surface area contributed by atoms with Crippen LogP contribution in [-0.2, 0) is 0 Å². The van der Waals surface area contributed by atoms with Crippen LogP contribution in [0.5, 0.6) is 0 Å². The Kier molecular flexibility index (Phi) is 3.30. The van der Waals surface area contributed by atoms with Crippen LogP contribution in [-0.4, -0.2) is 43.7 Å². The number of hydrogen-bond donors (Lipinski definition) is 1. The van der Waals surface area contributed by atoms with Crippen molar-refractivity contribution in [3.8, 4) is 0 Å². The first-order valence-electron chi connectivity index (χ1n) is 6.91. The van der Waals surface area contributed by atoms with Gasteiger partial charge in [0.1, 0.15) is 4.88 Å². The molecule has 0 radical (unpaired) electrons. The lowest BCUT2D eigenvalue weighted by molar-refractivity contribution is 0.0289. The number of carbonyl (C=O) groups is 1. The summed E-state index contributed by atoms with van der Waals surface area (Å²) in [7, 11) is 0. The largest absolute Gasteiger partial charge is 0.393 e. The van der Waals surface area contributed by atoms with Crippen LogP contribution in [0.15, 0.2) is 0 Å². The lowest BCUT2D eigenvalue weighted by Crippen LogP contribution is -2.48. The van der Waals surface area contributed by atoms with Crippen molar-refractivity contribution >= 4 is 17.4 Å². The standard InChI is InChI=1S/C13H19N3O2S/c1-7(2)11-12(19-15-14-11)13(18)16-8-3-4-9(16)6-10(17)5-8/h7-10,17H,3-6H2,1-2H3. The van der Waals surface area contributed by atoms with Gasteiger partial charge in [0, 0.05) is 12.1 Å². The van der Waals surface area contributed by atoms with Crippen LogP contribution in [0.2, 0.25) is 0 Å². The van der Waals surface area contributed by atoms with E-state index in [9.17, 15) is 9.90 Å². The van der Waals surface area contributed by atoms with Crippen molar-refractivity contribution in [2.45, 2.75) is 63.6 Å². The number of hydrogen-bond acceptors (Lipinski definition) is 5. The topological polar surface area (TPSA) is 66.3 Å². The highest BCUT2D eigenvalue weighted by Gasteiger charge is 2.44. The number of aromatic nitrogens is 2. The molecule has 19 heavy (non-hydrogen) atoms. The quantitative estimate of drug-likeness (QED) is 0.897. The third kappa shape index (κ3) is 2.17. The molecule has 5 nitrogen and oxygen atoms in total. The van der Waals surface area contributed by atoms with E-state index >= 15 is 0 Å². The summed E-state index contributed by atoms with van der Waals surface area (Å²) < 4.78 is 3.94. The van der Waals surface area contributed by atoms with Gasteiger partial charge in [-0.3, -0.25) is 4.79 Å². The molecule has 0 aromatic carbocycles. The normalized spacial score (nSPS) is 30.1. The smallest absolute Gasteiger partial charge is 0.268 e. The summed E-state index contributed by atoms with van der Waals surface area (Å²) in [5.74, 6) is 0.281. The molecule has 1 aromatic rings. The first kappa shape index (κ1) is 13.0. The molecule has 104 valence electrons. The van der Waals surface area contributed by atoms with Gasteiger partial charge >= 0.3 is 0 Å². The average molecular weight is 281 g/mol. The van der Waals surface area contributed by atoms with Gasteiger partial charge in [0.25, 0.3) is 5.91 Å². The van der Waals surface area contributed by atoms with Crippen molar-refractivity contribution in [1.82, 2.24) is 14.5 Å². The van der Waals surface area contributed by atoms with Gasteiger partial charge in [0.05, 0.1) is 11.8 Å². The van der Waals surface area contributed by atoms with E-state index in [-0.39, 0.29) is 30.0 Å². The second kappa shape index (κ2) is 4.83. The number of carbonyl (C=O) groups excluding carboxylic acids is 1. The Morgan fingerprint density at radius 1 is 1.37 bits per heavy atom. The Balaban J connectivity index is 1.87. The molecular formula is C13H19N3O2S. The van der Waals surface area contributed by atoms with Crippen LogP contribution in [0.3, 0.4) is 0 Å². The minimum Gasteiger partial charge on any atom is -0.393 e. The zero-order valence-electron chi connectivity index (χ0n) is 11.2. The number of nitrogens with zero attached hydrogens (tertiary/aromatic N) is 3.